The number of hydrogen-bond donors (Lipinski definition) is 6. The zero-order chi connectivity index (χ0) is 40.2. The number of amides is 1. The van der Waals surface area contributed by atoms with Crippen LogP contribution in [0.25, 0.3) is 0 Å². The van der Waals surface area contributed by atoms with Crippen molar-refractivity contribution in [1.82, 2.24) is 5.32 Å². The first-order valence-corrected chi connectivity index (χ1v) is 22.0. The van der Waals surface area contributed by atoms with Crippen molar-refractivity contribution >= 4 is 5.91 Å². The van der Waals surface area contributed by atoms with E-state index < -0.39 is 49.5 Å². The van der Waals surface area contributed by atoms with E-state index in [9.17, 15) is 30.3 Å². The topological polar surface area (TPSA) is 149 Å². The Labute approximate surface area is 335 Å². The summed E-state index contributed by atoms with van der Waals surface area (Å²) in [5.74, 6) is -0.201. The quantitative estimate of drug-likeness (QED) is 0.0277. The maximum atomic E-state index is 12.9. The van der Waals surface area contributed by atoms with E-state index in [0.29, 0.717) is 6.42 Å². The summed E-state index contributed by atoms with van der Waals surface area (Å²) < 4.78 is 11.2. The van der Waals surface area contributed by atoms with Crippen LogP contribution in [0.5, 0.6) is 0 Å². The number of aliphatic hydroxyl groups is 5. The van der Waals surface area contributed by atoms with Crippen LogP contribution in [0.4, 0.5) is 0 Å². The molecule has 1 amide bonds. The molecule has 1 saturated heterocycles. The van der Waals surface area contributed by atoms with E-state index >= 15 is 0 Å². The number of hydrogen-bond acceptors (Lipinski definition) is 8. The predicted octanol–water partition coefficient (Wildman–Crippen LogP) is 8.83. The molecule has 1 fully saturated rings. The lowest BCUT2D eigenvalue weighted by Gasteiger charge is -2.40. The fourth-order valence-electron chi connectivity index (χ4n) is 6.54. The second kappa shape index (κ2) is 36.2. The van der Waals surface area contributed by atoms with Crippen molar-refractivity contribution in [2.75, 3.05) is 13.2 Å². The van der Waals surface area contributed by atoms with Crippen molar-refractivity contribution in [3.8, 4) is 0 Å². The summed E-state index contributed by atoms with van der Waals surface area (Å²) in [6.07, 6.45) is 39.7. The normalized spacial score (nSPS) is 21.9. The summed E-state index contributed by atoms with van der Waals surface area (Å²) in [4.78, 5) is 12.9. The standard InChI is InChI=1S/C46H81NO8/c1-3-5-7-9-11-13-15-17-19-20-22-24-26-28-30-32-34-36-42(50)47-39(38-54-46-45(53)44(52)43(51)41(37-48)55-46)40(49)35-33-31-29-27-25-23-21-18-16-14-12-10-8-6-4-2/h5,7,11,13,17,19,25,27,33,35,39-41,43-46,48-49,51-53H,3-4,6,8-10,12,14-16,18,20-24,26,28-32,34,36-38H2,1-2H3,(H,47,50)/b7-5-,13-11-,19-17-,27-25+,35-33+. The van der Waals surface area contributed by atoms with Crippen molar-refractivity contribution in [2.45, 2.75) is 211 Å². The highest BCUT2D eigenvalue weighted by Gasteiger charge is 2.44. The average Bonchev–Trinajstić information content (AvgIpc) is 3.18. The highest BCUT2D eigenvalue weighted by atomic mass is 16.7. The maximum absolute atomic E-state index is 12.9. The van der Waals surface area contributed by atoms with Crippen LogP contribution in [0, 0.1) is 0 Å². The van der Waals surface area contributed by atoms with Gasteiger partial charge in [-0.15, -0.1) is 0 Å². The second-order valence-electron chi connectivity index (χ2n) is 15.1. The van der Waals surface area contributed by atoms with Gasteiger partial charge < -0.3 is 40.3 Å². The molecule has 7 unspecified atom stereocenters. The Morgan fingerprint density at radius 3 is 1.75 bits per heavy atom. The van der Waals surface area contributed by atoms with Gasteiger partial charge in [0.2, 0.25) is 5.91 Å². The molecule has 318 valence electrons. The fraction of sp³-hybridized carbons (Fsp3) is 0.761. The van der Waals surface area contributed by atoms with Gasteiger partial charge in [-0.3, -0.25) is 4.79 Å². The van der Waals surface area contributed by atoms with Gasteiger partial charge in [-0.2, -0.15) is 0 Å². The van der Waals surface area contributed by atoms with Gasteiger partial charge in [0.1, 0.15) is 24.4 Å². The third-order valence-electron chi connectivity index (χ3n) is 10.1. The molecule has 0 aromatic heterocycles. The molecule has 0 aromatic rings. The molecular formula is C46H81NO8. The Morgan fingerprint density at radius 2 is 1.15 bits per heavy atom. The zero-order valence-electron chi connectivity index (χ0n) is 34.7. The van der Waals surface area contributed by atoms with Crippen LogP contribution in [-0.4, -0.2) is 87.5 Å². The van der Waals surface area contributed by atoms with E-state index in [1.807, 2.05) is 6.08 Å². The van der Waals surface area contributed by atoms with Gasteiger partial charge >= 0.3 is 0 Å². The number of carbonyl (C=O) groups excluding carboxylic acids is 1. The first-order valence-electron chi connectivity index (χ1n) is 22.0. The smallest absolute Gasteiger partial charge is 0.220 e. The summed E-state index contributed by atoms with van der Waals surface area (Å²) in [5.41, 5.74) is 0. The first kappa shape index (κ1) is 50.9. The summed E-state index contributed by atoms with van der Waals surface area (Å²) in [7, 11) is 0. The molecule has 1 aliphatic heterocycles. The largest absolute Gasteiger partial charge is 0.394 e. The lowest BCUT2D eigenvalue weighted by atomic mass is 9.99. The number of ether oxygens (including phenoxy) is 2. The van der Waals surface area contributed by atoms with Crippen LogP contribution in [0.2, 0.25) is 0 Å². The second-order valence-corrected chi connectivity index (χ2v) is 15.1. The lowest BCUT2D eigenvalue weighted by molar-refractivity contribution is -0.302. The number of carbonyl (C=O) groups is 1. The minimum absolute atomic E-state index is 0.201. The molecule has 6 N–H and O–H groups in total. The molecule has 0 aliphatic carbocycles. The van der Waals surface area contributed by atoms with Gasteiger partial charge in [0.05, 0.1) is 25.4 Å². The molecule has 9 heteroatoms. The van der Waals surface area contributed by atoms with Crippen LogP contribution in [0.1, 0.15) is 168 Å². The van der Waals surface area contributed by atoms with E-state index in [0.717, 1.165) is 70.6 Å². The monoisotopic (exact) mass is 776 g/mol. The highest BCUT2D eigenvalue weighted by Crippen LogP contribution is 2.22. The first-order chi connectivity index (χ1) is 26.8. The minimum atomic E-state index is -1.57. The van der Waals surface area contributed by atoms with Crippen molar-refractivity contribution in [3.05, 3.63) is 60.8 Å². The Bertz CT molecular complexity index is 1040. The SMILES string of the molecule is CC/C=C\C/C=C\C/C=C\CCCCCCCCCC(=O)NC(COC1OC(CO)C(O)C(O)C1O)C(O)/C=C/CC/C=C/CCCCCCCCCCC. The lowest BCUT2D eigenvalue weighted by Crippen LogP contribution is -2.60. The molecule has 0 saturated carbocycles. The molecular weight excluding hydrogens is 695 g/mol. The zero-order valence-corrected chi connectivity index (χ0v) is 34.7. The van der Waals surface area contributed by atoms with Crippen LogP contribution in [0.15, 0.2) is 60.8 Å². The Balaban J connectivity index is 2.42. The molecule has 0 spiro atoms. The number of rotatable bonds is 35. The van der Waals surface area contributed by atoms with Gasteiger partial charge in [0.25, 0.3) is 0 Å². The molecule has 1 rings (SSSR count). The van der Waals surface area contributed by atoms with Crippen LogP contribution >= 0.6 is 0 Å². The van der Waals surface area contributed by atoms with Gasteiger partial charge in [-0.05, 0) is 64.2 Å². The van der Waals surface area contributed by atoms with Crippen molar-refractivity contribution in [1.29, 1.82) is 0 Å². The molecule has 9 nitrogen and oxygen atoms in total. The average molecular weight is 776 g/mol. The van der Waals surface area contributed by atoms with E-state index in [2.05, 4.69) is 67.8 Å². The summed E-state index contributed by atoms with van der Waals surface area (Å²) in [6.45, 7) is 3.62. The molecule has 55 heavy (non-hydrogen) atoms. The van der Waals surface area contributed by atoms with E-state index in [1.54, 1.807) is 6.08 Å². The maximum Gasteiger partial charge on any atom is 0.220 e. The van der Waals surface area contributed by atoms with E-state index in [1.165, 1.54) is 77.0 Å². The highest BCUT2D eigenvalue weighted by molar-refractivity contribution is 5.76. The number of allylic oxidation sites excluding steroid dienone is 9. The Morgan fingerprint density at radius 1 is 0.636 bits per heavy atom. The van der Waals surface area contributed by atoms with E-state index in [-0.39, 0.29) is 12.5 Å². The van der Waals surface area contributed by atoms with Gasteiger partial charge in [-0.1, -0.05) is 158 Å². The van der Waals surface area contributed by atoms with E-state index in [4.69, 9.17) is 9.47 Å². The van der Waals surface area contributed by atoms with Crippen molar-refractivity contribution in [3.63, 3.8) is 0 Å². The number of aliphatic hydroxyl groups excluding tert-OH is 5. The van der Waals surface area contributed by atoms with Crippen molar-refractivity contribution in [2.24, 2.45) is 0 Å². The predicted molar refractivity (Wildman–Crippen MR) is 226 cm³/mol. The summed E-state index contributed by atoms with van der Waals surface area (Å²) in [6, 6.07) is -0.827. The van der Waals surface area contributed by atoms with Gasteiger partial charge in [0, 0.05) is 6.42 Å². The third kappa shape index (κ3) is 27.2. The van der Waals surface area contributed by atoms with Crippen LogP contribution in [-0.2, 0) is 14.3 Å². The molecule has 1 aliphatic rings. The minimum Gasteiger partial charge on any atom is -0.394 e. The summed E-state index contributed by atoms with van der Waals surface area (Å²) in [5, 5.41) is 54.1. The van der Waals surface area contributed by atoms with Crippen LogP contribution < -0.4 is 5.32 Å². The molecule has 0 aromatic carbocycles. The van der Waals surface area contributed by atoms with Gasteiger partial charge in [0.15, 0.2) is 6.29 Å². The number of unbranched alkanes of at least 4 members (excludes halogenated alkanes) is 17. The van der Waals surface area contributed by atoms with Crippen LogP contribution in [0.3, 0.4) is 0 Å². The molecule has 7 atom stereocenters. The fourth-order valence-corrected chi connectivity index (χ4v) is 6.54. The number of nitrogens with one attached hydrogen (secondary N) is 1. The summed E-state index contributed by atoms with van der Waals surface area (Å²) >= 11 is 0. The van der Waals surface area contributed by atoms with Crippen molar-refractivity contribution < 1.29 is 39.8 Å². The molecule has 0 radical (unpaired) electrons. The third-order valence-corrected chi connectivity index (χ3v) is 10.1. The molecule has 0 bridgehead atoms. The van der Waals surface area contributed by atoms with Gasteiger partial charge in [-0.25, -0.2) is 0 Å². The molecule has 1 heterocycles. The Kier molecular flexibility index (Phi) is 33.5. The Hall–Kier alpha value is -2.11.